The third-order valence-electron chi connectivity index (χ3n) is 8.03. The molecule has 1 aromatic heterocycles. The van der Waals surface area contributed by atoms with Crippen molar-refractivity contribution in [2.45, 2.75) is 57.2 Å². The number of nitrogens with one attached hydrogen (secondary N) is 3. The topological polar surface area (TPSA) is 109 Å². The van der Waals surface area contributed by atoms with E-state index in [2.05, 4.69) is 16.0 Å². The van der Waals surface area contributed by atoms with E-state index in [1.54, 1.807) is 18.2 Å². The third kappa shape index (κ3) is 7.35. The first-order valence-electron chi connectivity index (χ1n) is 13.9. The minimum atomic E-state index is -3.14. The molecule has 1 aromatic carbocycles. The molecule has 13 heteroatoms. The molecule has 0 unspecified atom stereocenters. The van der Waals surface area contributed by atoms with E-state index in [0.29, 0.717) is 33.3 Å². The number of halogens is 3. The van der Waals surface area contributed by atoms with E-state index in [1.807, 2.05) is 0 Å². The molecule has 2 aromatic rings. The SMILES string of the molecule is O=C(NC[C@H](NC(C1CCC1)C1CCC1)C(=O)Nc1ccc(N2CCOCC2=O)cc1OC(F)F)c1ccc(Cl)s1. The Morgan fingerprint density at radius 3 is 2.44 bits per heavy atom. The first-order valence-corrected chi connectivity index (χ1v) is 15.1. The fourth-order valence-corrected chi connectivity index (χ4v) is 6.38. The summed E-state index contributed by atoms with van der Waals surface area (Å²) >= 11 is 7.12. The number of anilines is 2. The van der Waals surface area contributed by atoms with Crippen LogP contribution in [0.25, 0.3) is 0 Å². The zero-order valence-corrected chi connectivity index (χ0v) is 23.9. The number of nitrogens with zero attached hydrogens (tertiary/aromatic N) is 1. The predicted octanol–water partition coefficient (Wildman–Crippen LogP) is 4.66. The lowest BCUT2D eigenvalue weighted by Gasteiger charge is -2.44. The van der Waals surface area contributed by atoms with Crippen LogP contribution in [0.4, 0.5) is 20.2 Å². The molecule has 0 bridgehead atoms. The highest BCUT2D eigenvalue weighted by atomic mass is 35.5. The maximum Gasteiger partial charge on any atom is 0.387 e. The Kier molecular flexibility index (Phi) is 9.74. The number of hydrogen-bond acceptors (Lipinski definition) is 7. The largest absolute Gasteiger partial charge is 0.433 e. The first-order chi connectivity index (χ1) is 19.8. The Hall–Kier alpha value is -2.80. The van der Waals surface area contributed by atoms with Gasteiger partial charge in [-0.15, -0.1) is 11.3 Å². The lowest BCUT2D eigenvalue weighted by molar-refractivity contribution is -0.125. The average Bonchev–Trinajstić information content (AvgIpc) is 3.31. The van der Waals surface area contributed by atoms with Gasteiger partial charge in [0.2, 0.25) is 5.91 Å². The van der Waals surface area contributed by atoms with Crippen LogP contribution in [-0.4, -0.2) is 62.7 Å². The fourth-order valence-electron chi connectivity index (χ4n) is 5.42. The van der Waals surface area contributed by atoms with E-state index in [9.17, 15) is 23.2 Å². The summed E-state index contributed by atoms with van der Waals surface area (Å²) in [6.07, 6.45) is 6.61. The van der Waals surface area contributed by atoms with Gasteiger partial charge in [-0.25, -0.2) is 0 Å². The molecule has 3 fully saturated rings. The number of morpholine rings is 1. The molecule has 2 saturated carbocycles. The number of rotatable bonds is 12. The smallest absolute Gasteiger partial charge is 0.387 e. The van der Waals surface area contributed by atoms with Gasteiger partial charge in [-0.2, -0.15) is 8.78 Å². The Morgan fingerprint density at radius 1 is 1.12 bits per heavy atom. The number of benzene rings is 1. The average molecular weight is 611 g/mol. The Labute approximate surface area is 245 Å². The molecule has 1 saturated heterocycles. The molecule has 1 atom stereocenters. The summed E-state index contributed by atoms with van der Waals surface area (Å²) < 4.78 is 37.1. The number of thiophene rings is 1. The maximum atomic E-state index is 13.7. The van der Waals surface area contributed by atoms with Gasteiger partial charge in [0.15, 0.2) is 5.75 Å². The van der Waals surface area contributed by atoms with Gasteiger partial charge in [0.25, 0.3) is 11.8 Å². The van der Waals surface area contributed by atoms with Crippen molar-refractivity contribution in [2.24, 2.45) is 11.8 Å². The molecule has 2 aliphatic carbocycles. The second-order valence-electron chi connectivity index (χ2n) is 10.6. The Balaban J connectivity index is 1.35. The molecule has 222 valence electrons. The number of alkyl halides is 2. The van der Waals surface area contributed by atoms with Crippen molar-refractivity contribution < 1.29 is 32.6 Å². The van der Waals surface area contributed by atoms with Crippen molar-refractivity contribution in [3.8, 4) is 5.75 Å². The van der Waals surface area contributed by atoms with Crippen LogP contribution in [0.1, 0.15) is 48.2 Å². The van der Waals surface area contributed by atoms with Crippen LogP contribution >= 0.6 is 22.9 Å². The summed E-state index contributed by atoms with van der Waals surface area (Å²) in [5.41, 5.74) is 0.394. The second-order valence-corrected chi connectivity index (χ2v) is 12.3. The molecule has 5 rings (SSSR count). The van der Waals surface area contributed by atoms with Crippen LogP contribution in [0, 0.1) is 11.8 Å². The molecule has 2 heterocycles. The highest BCUT2D eigenvalue weighted by Crippen LogP contribution is 2.40. The van der Waals surface area contributed by atoms with Crippen molar-refractivity contribution in [3.05, 3.63) is 39.5 Å². The maximum absolute atomic E-state index is 13.7. The molecule has 0 radical (unpaired) electrons. The fraction of sp³-hybridized carbons (Fsp3) is 0.536. The Morgan fingerprint density at radius 2 is 1.85 bits per heavy atom. The van der Waals surface area contributed by atoms with Crippen LogP contribution in [0.15, 0.2) is 30.3 Å². The van der Waals surface area contributed by atoms with E-state index in [0.717, 1.165) is 49.9 Å². The molecule has 3 aliphatic rings. The summed E-state index contributed by atoms with van der Waals surface area (Å²) in [6.45, 7) is -2.68. The molecule has 9 nitrogen and oxygen atoms in total. The molecular formula is C28H33ClF2N4O5S. The zero-order chi connectivity index (χ0) is 28.9. The van der Waals surface area contributed by atoms with E-state index in [4.69, 9.17) is 21.1 Å². The summed E-state index contributed by atoms with van der Waals surface area (Å²) in [7, 11) is 0. The highest BCUT2D eigenvalue weighted by molar-refractivity contribution is 7.18. The van der Waals surface area contributed by atoms with Gasteiger partial charge in [-0.3, -0.25) is 14.4 Å². The monoisotopic (exact) mass is 610 g/mol. The summed E-state index contributed by atoms with van der Waals surface area (Å²) in [5, 5.41) is 9.06. The third-order valence-corrected chi connectivity index (χ3v) is 9.26. The molecule has 0 spiro atoms. The minimum absolute atomic E-state index is 0.0124. The number of carbonyl (C=O) groups excluding carboxylic acids is 3. The van der Waals surface area contributed by atoms with Crippen LogP contribution < -0.4 is 25.6 Å². The quantitative estimate of drug-likeness (QED) is 0.323. The van der Waals surface area contributed by atoms with E-state index in [-0.39, 0.29) is 49.0 Å². The number of carbonyl (C=O) groups is 3. The van der Waals surface area contributed by atoms with Crippen molar-refractivity contribution in [1.29, 1.82) is 0 Å². The van der Waals surface area contributed by atoms with Crippen molar-refractivity contribution >= 4 is 52.0 Å². The second kappa shape index (κ2) is 13.5. The van der Waals surface area contributed by atoms with Crippen LogP contribution in [0.2, 0.25) is 4.34 Å². The van der Waals surface area contributed by atoms with E-state index < -0.39 is 18.6 Å². The van der Waals surface area contributed by atoms with Crippen molar-refractivity contribution in [2.75, 3.05) is 36.5 Å². The first kappa shape index (κ1) is 29.7. The standard InChI is InChI=1S/C28H33ClF2N4O5S/c29-23-10-9-22(41-23)27(38)32-14-20(33-25(16-3-1-4-16)17-5-2-6-17)26(37)34-19-8-7-18(13-21(19)40-28(30)31)35-11-12-39-15-24(35)36/h7-10,13,16-17,20,25,28,33H,1-6,11-12,14-15H2,(H,32,38)(H,34,37)/t20-/m0/s1. The van der Waals surface area contributed by atoms with Crippen LogP contribution in [0.5, 0.6) is 5.75 Å². The summed E-state index contributed by atoms with van der Waals surface area (Å²) in [4.78, 5) is 40.5. The van der Waals surface area contributed by atoms with Gasteiger partial charge in [0.1, 0.15) is 12.6 Å². The molecule has 3 N–H and O–H groups in total. The van der Waals surface area contributed by atoms with Gasteiger partial charge in [-0.1, -0.05) is 24.4 Å². The minimum Gasteiger partial charge on any atom is -0.433 e. The van der Waals surface area contributed by atoms with Gasteiger partial charge >= 0.3 is 6.61 Å². The van der Waals surface area contributed by atoms with Crippen LogP contribution in [0.3, 0.4) is 0 Å². The van der Waals surface area contributed by atoms with Crippen molar-refractivity contribution in [1.82, 2.24) is 10.6 Å². The highest BCUT2D eigenvalue weighted by Gasteiger charge is 2.38. The van der Waals surface area contributed by atoms with Gasteiger partial charge in [0.05, 0.1) is 21.5 Å². The number of amides is 3. The van der Waals surface area contributed by atoms with E-state index in [1.165, 1.54) is 17.0 Å². The molecular weight excluding hydrogens is 578 g/mol. The molecule has 41 heavy (non-hydrogen) atoms. The predicted molar refractivity (Wildman–Crippen MR) is 152 cm³/mol. The van der Waals surface area contributed by atoms with Gasteiger partial charge in [0, 0.05) is 30.9 Å². The summed E-state index contributed by atoms with van der Waals surface area (Å²) in [6, 6.07) is 6.84. The molecule has 3 amide bonds. The molecule has 1 aliphatic heterocycles. The lowest BCUT2D eigenvalue weighted by Crippen LogP contribution is -2.57. The zero-order valence-electron chi connectivity index (χ0n) is 22.4. The Bertz CT molecular complexity index is 1240. The summed E-state index contributed by atoms with van der Waals surface area (Å²) in [5.74, 6) is -0.521. The number of hydrogen-bond donors (Lipinski definition) is 3. The normalized spacial score (nSPS) is 18.7. The van der Waals surface area contributed by atoms with Gasteiger partial charge in [-0.05, 0) is 61.8 Å². The van der Waals surface area contributed by atoms with Crippen LogP contribution in [-0.2, 0) is 14.3 Å². The lowest BCUT2D eigenvalue weighted by atomic mass is 9.68. The van der Waals surface area contributed by atoms with Gasteiger partial charge < -0.3 is 30.3 Å². The van der Waals surface area contributed by atoms with Crippen molar-refractivity contribution in [3.63, 3.8) is 0 Å². The number of ether oxygens (including phenoxy) is 2. The van der Waals surface area contributed by atoms with E-state index >= 15 is 0 Å².